The summed E-state index contributed by atoms with van der Waals surface area (Å²) in [7, 11) is 1.61. The number of ether oxygens (including phenoxy) is 2. The molecule has 2 aromatic carbocycles. The topological polar surface area (TPSA) is 60.5 Å². The summed E-state index contributed by atoms with van der Waals surface area (Å²) in [6.45, 7) is 0. The van der Waals surface area contributed by atoms with Crippen LogP contribution in [0.15, 0.2) is 77.8 Å². The van der Waals surface area contributed by atoms with Gasteiger partial charge < -0.3 is 14.8 Å². The summed E-state index contributed by atoms with van der Waals surface area (Å²) < 4.78 is 10.9. The molecule has 0 fully saturated rings. The minimum absolute atomic E-state index is 0.119. The molecule has 0 aliphatic rings. The van der Waals surface area contributed by atoms with Crippen LogP contribution in [0.2, 0.25) is 0 Å². The molecule has 1 aromatic heterocycles. The molecule has 1 N–H and O–H groups in total. The van der Waals surface area contributed by atoms with E-state index >= 15 is 0 Å². The van der Waals surface area contributed by atoms with E-state index in [-0.39, 0.29) is 5.91 Å². The molecule has 5 nitrogen and oxygen atoms in total. The number of rotatable bonds is 7. The van der Waals surface area contributed by atoms with Crippen LogP contribution >= 0.6 is 11.8 Å². The quantitative estimate of drug-likeness (QED) is 0.619. The SMILES string of the molecule is COc1ccc(Oc2ncccc2NC(=O)CSc2ccccc2)cc1. The van der Waals surface area contributed by atoms with Gasteiger partial charge in [0.15, 0.2) is 0 Å². The summed E-state index contributed by atoms with van der Waals surface area (Å²) in [4.78, 5) is 17.5. The lowest BCUT2D eigenvalue weighted by molar-refractivity contribution is -0.113. The molecule has 0 unspecified atom stereocenters. The number of hydrogen-bond donors (Lipinski definition) is 1. The van der Waals surface area contributed by atoms with Gasteiger partial charge in [-0.05, 0) is 48.5 Å². The monoisotopic (exact) mass is 366 g/mol. The van der Waals surface area contributed by atoms with Gasteiger partial charge in [-0.1, -0.05) is 18.2 Å². The first-order valence-corrected chi connectivity index (χ1v) is 8.98. The number of amides is 1. The molecule has 26 heavy (non-hydrogen) atoms. The van der Waals surface area contributed by atoms with E-state index in [0.29, 0.717) is 23.1 Å². The van der Waals surface area contributed by atoms with Gasteiger partial charge in [0, 0.05) is 11.1 Å². The summed E-state index contributed by atoms with van der Waals surface area (Å²) in [6, 6.07) is 20.5. The normalized spacial score (nSPS) is 10.2. The molecule has 1 heterocycles. The first kappa shape index (κ1) is 17.8. The number of carbonyl (C=O) groups is 1. The second-order valence-corrected chi connectivity index (χ2v) is 6.33. The number of aromatic nitrogens is 1. The van der Waals surface area contributed by atoms with Crippen LogP contribution < -0.4 is 14.8 Å². The lowest BCUT2D eigenvalue weighted by atomic mass is 10.3. The van der Waals surface area contributed by atoms with Crippen LogP contribution in [0.5, 0.6) is 17.4 Å². The lowest BCUT2D eigenvalue weighted by Gasteiger charge is -2.11. The molecule has 6 heteroatoms. The van der Waals surface area contributed by atoms with Crippen LogP contribution in [-0.2, 0) is 4.79 Å². The summed E-state index contributed by atoms with van der Waals surface area (Å²) in [5.74, 6) is 1.88. The van der Waals surface area contributed by atoms with E-state index in [4.69, 9.17) is 9.47 Å². The van der Waals surface area contributed by atoms with Crippen LogP contribution in [0.25, 0.3) is 0 Å². The maximum Gasteiger partial charge on any atom is 0.243 e. The third-order valence-corrected chi connectivity index (χ3v) is 4.44. The van der Waals surface area contributed by atoms with Crippen LogP contribution in [0.4, 0.5) is 5.69 Å². The van der Waals surface area contributed by atoms with Crippen molar-refractivity contribution in [3.63, 3.8) is 0 Å². The van der Waals surface area contributed by atoms with Crippen LogP contribution in [0, 0.1) is 0 Å². The fraction of sp³-hybridized carbons (Fsp3) is 0.100. The lowest BCUT2D eigenvalue weighted by Crippen LogP contribution is -2.14. The Bertz CT molecular complexity index is 854. The summed E-state index contributed by atoms with van der Waals surface area (Å²) in [5.41, 5.74) is 0.530. The fourth-order valence-electron chi connectivity index (χ4n) is 2.17. The Morgan fingerprint density at radius 3 is 2.46 bits per heavy atom. The van der Waals surface area contributed by atoms with Gasteiger partial charge in [0.05, 0.1) is 12.9 Å². The Hall–Kier alpha value is -2.99. The smallest absolute Gasteiger partial charge is 0.243 e. The second-order valence-electron chi connectivity index (χ2n) is 5.28. The zero-order valence-electron chi connectivity index (χ0n) is 14.2. The van der Waals surface area contributed by atoms with Crippen molar-refractivity contribution < 1.29 is 14.3 Å². The predicted molar refractivity (Wildman–Crippen MR) is 103 cm³/mol. The minimum atomic E-state index is -0.119. The van der Waals surface area contributed by atoms with Gasteiger partial charge in [-0.25, -0.2) is 4.98 Å². The van der Waals surface area contributed by atoms with Gasteiger partial charge >= 0.3 is 0 Å². The van der Waals surface area contributed by atoms with Crippen LogP contribution in [-0.4, -0.2) is 23.8 Å². The third kappa shape index (κ3) is 5.00. The van der Waals surface area contributed by atoms with Gasteiger partial charge in [-0.3, -0.25) is 4.79 Å². The standard InChI is InChI=1S/C20H18N2O3S/c1-24-15-9-11-16(12-10-15)25-20-18(8-5-13-21-20)22-19(23)14-26-17-6-3-2-4-7-17/h2-13H,14H2,1H3,(H,22,23). The number of anilines is 1. The highest BCUT2D eigenvalue weighted by Gasteiger charge is 2.10. The Labute approximate surface area is 156 Å². The summed E-state index contributed by atoms with van der Waals surface area (Å²) in [5, 5.41) is 2.85. The Kier molecular flexibility index (Phi) is 6.11. The van der Waals surface area contributed by atoms with Gasteiger partial charge in [0.2, 0.25) is 11.8 Å². The average Bonchev–Trinajstić information content (AvgIpc) is 2.69. The van der Waals surface area contributed by atoms with Crippen LogP contribution in [0.3, 0.4) is 0 Å². The molecule has 132 valence electrons. The molecule has 0 aliphatic carbocycles. The van der Waals surface area contributed by atoms with Gasteiger partial charge in [-0.2, -0.15) is 0 Å². The molecule has 0 saturated heterocycles. The number of hydrogen-bond acceptors (Lipinski definition) is 5. The van der Waals surface area contributed by atoms with Crippen molar-refractivity contribution in [2.45, 2.75) is 4.90 Å². The minimum Gasteiger partial charge on any atom is -0.497 e. The van der Waals surface area contributed by atoms with Crippen molar-refractivity contribution >= 4 is 23.4 Å². The van der Waals surface area contributed by atoms with Crippen LogP contribution in [0.1, 0.15) is 0 Å². The molecule has 0 radical (unpaired) electrons. The Morgan fingerprint density at radius 1 is 1.00 bits per heavy atom. The molecule has 3 aromatic rings. The average molecular weight is 366 g/mol. The molecule has 0 bridgehead atoms. The van der Waals surface area contributed by atoms with Gasteiger partial charge in [0.25, 0.3) is 0 Å². The highest BCUT2D eigenvalue weighted by Crippen LogP contribution is 2.28. The molecule has 0 saturated carbocycles. The fourth-order valence-corrected chi connectivity index (χ4v) is 2.89. The number of nitrogens with zero attached hydrogens (tertiary/aromatic N) is 1. The molecular weight excluding hydrogens is 348 g/mol. The number of nitrogens with one attached hydrogen (secondary N) is 1. The maximum absolute atomic E-state index is 12.2. The van der Waals surface area contributed by atoms with E-state index in [1.807, 2.05) is 30.3 Å². The number of thioether (sulfide) groups is 1. The molecule has 0 aliphatic heterocycles. The Balaban J connectivity index is 1.63. The largest absolute Gasteiger partial charge is 0.497 e. The summed E-state index contributed by atoms with van der Waals surface area (Å²) in [6.07, 6.45) is 1.62. The summed E-state index contributed by atoms with van der Waals surface area (Å²) >= 11 is 1.47. The second kappa shape index (κ2) is 8.92. The predicted octanol–water partition coefficient (Wildman–Crippen LogP) is 4.61. The van der Waals surface area contributed by atoms with E-state index in [2.05, 4.69) is 10.3 Å². The van der Waals surface area contributed by atoms with Gasteiger partial charge in [-0.15, -0.1) is 11.8 Å². The van der Waals surface area contributed by atoms with Crippen molar-refractivity contribution in [1.82, 2.24) is 4.98 Å². The number of pyridine rings is 1. The van der Waals surface area contributed by atoms with E-state index in [1.165, 1.54) is 11.8 Å². The van der Waals surface area contributed by atoms with E-state index in [1.54, 1.807) is 49.7 Å². The van der Waals surface area contributed by atoms with Crippen molar-refractivity contribution in [1.29, 1.82) is 0 Å². The molecule has 3 rings (SSSR count). The van der Waals surface area contributed by atoms with E-state index in [9.17, 15) is 4.79 Å². The molecule has 0 spiro atoms. The Morgan fingerprint density at radius 2 is 1.73 bits per heavy atom. The van der Waals surface area contributed by atoms with Crippen molar-refractivity contribution in [3.05, 3.63) is 72.9 Å². The molecular formula is C20H18N2O3S. The highest BCUT2D eigenvalue weighted by molar-refractivity contribution is 8.00. The van der Waals surface area contributed by atoms with Gasteiger partial charge in [0.1, 0.15) is 17.2 Å². The third-order valence-electron chi connectivity index (χ3n) is 3.43. The first-order valence-electron chi connectivity index (χ1n) is 7.99. The molecule has 1 amide bonds. The number of carbonyl (C=O) groups excluding carboxylic acids is 1. The first-order chi connectivity index (χ1) is 12.7. The van der Waals surface area contributed by atoms with E-state index in [0.717, 1.165) is 10.6 Å². The van der Waals surface area contributed by atoms with E-state index < -0.39 is 0 Å². The maximum atomic E-state index is 12.2. The van der Waals surface area contributed by atoms with Crippen molar-refractivity contribution in [2.24, 2.45) is 0 Å². The number of benzene rings is 2. The van der Waals surface area contributed by atoms with Crippen molar-refractivity contribution in [3.8, 4) is 17.4 Å². The number of methoxy groups -OCH3 is 1. The van der Waals surface area contributed by atoms with Crippen molar-refractivity contribution in [2.75, 3.05) is 18.2 Å². The zero-order valence-corrected chi connectivity index (χ0v) is 15.0. The zero-order chi connectivity index (χ0) is 18.2. The molecule has 0 atom stereocenters. The highest BCUT2D eigenvalue weighted by atomic mass is 32.2.